The monoisotopic (exact) mass is 378 g/mol. The van der Waals surface area contributed by atoms with Crippen molar-refractivity contribution in [3.63, 3.8) is 0 Å². The van der Waals surface area contributed by atoms with E-state index in [2.05, 4.69) is 10.0 Å². The van der Waals surface area contributed by atoms with Crippen molar-refractivity contribution in [1.82, 2.24) is 4.72 Å². The number of carbonyl (C=O) groups excluding carboxylic acids is 1. The van der Waals surface area contributed by atoms with Gasteiger partial charge < -0.3 is 14.8 Å². The predicted octanol–water partition coefficient (Wildman–Crippen LogP) is 2.70. The molecule has 0 spiro atoms. The molecule has 8 heteroatoms. The van der Waals surface area contributed by atoms with E-state index in [1.165, 1.54) is 39.3 Å². The third-order valence-electron chi connectivity index (χ3n) is 3.73. The summed E-state index contributed by atoms with van der Waals surface area (Å²) in [5.41, 5.74) is 1.00. The van der Waals surface area contributed by atoms with Gasteiger partial charge >= 0.3 is 0 Å². The second-order valence-electron chi connectivity index (χ2n) is 5.63. The van der Waals surface area contributed by atoms with Crippen LogP contribution < -0.4 is 19.5 Å². The van der Waals surface area contributed by atoms with E-state index in [0.29, 0.717) is 17.1 Å². The van der Waals surface area contributed by atoms with Gasteiger partial charge in [-0.1, -0.05) is 18.2 Å². The molecule has 140 valence electrons. The predicted molar refractivity (Wildman–Crippen MR) is 99.0 cm³/mol. The lowest BCUT2D eigenvalue weighted by atomic mass is 10.1. The van der Waals surface area contributed by atoms with Crippen LogP contribution in [0, 0.1) is 0 Å². The van der Waals surface area contributed by atoms with Crippen LogP contribution in [0.1, 0.15) is 25.5 Å². The van der Waals surface area contributed by atoms with Crippen LogP contribution in [0.5, 0.6) is 11.5 Å². The smallest absolute Gasteiger partial charge is 0.241 e. The average molecular weight is 378 g/mol. The van der Waals surface area contributed by atoms with E-state index < -0.39 is 16.1 Å². The lowest BCUT2D eigenvalue weighted by molar-refractivity contribution is -0.114. The van der Waals surface area contributed by atoms with Crippen molar-refractivity contribution in [2.24, 2.45) is 0 Å². The molecule has 0 aliphatic heterocycles. The molecule has 0 bridgehead atoms. The first kappa shape index (κ1) is 19.7. The topological polar surface area (TPSA) is 93.7 Å². The minimum Gasteiger partial charge on any atom is -0.496 e. The zero-order valence-corrected chi connectivity index (χ0v) is 15.9. The van der Waals surface area contributed by atoms with E-state index in [9.17, 15) is 13.2 Å². The molecule has 2 N–H and O–H groups in total. The zero-order valence-electron chi connectivity index (χ0n) is 15.1. The first-order valence-electron chi connectivity index (χ1n) is 7.89. The normalized spacial score (nSPS) is 12.3. The molecule has 1 atom stereocenters. The highest BCUT2D eigenvalue weighted by molar-refractivity contribution is 7.89. The Hall–Kier alpha value is -2.58. The Morgan fingerprint density at radius 3 is 2.31 bits per heavy atom. The van der Waals surface area contributed by atoms with Crippen molar-refractivity contribution < 1.29 is 22.7 Å². The van der Waals surface area contributed by atoms with Gasteiger partial charge in [-0.25, -0.2) is 13.1 Å². The molecule has 2 aromatic carbocycles. The Balaban J connectivity index is 2.33. The molecule has 1 amide bonds. The van der Waals surface area contributed by atoms with Crippen molar-refractivity contribution in [3.8, 4) is 11.5 Å². The van der Waals surface area contributed by atoms with Crippen LogP contribution in [-0.2, 0) is 14.8 Å². The number of rotatable bonds is 7. The van der Waals surface area contributed by atoms with Gasteiger partial charge in [-0.05, 0) is 31.2 Å². The molecular formula is C18H22N2O5S. The molecular weight excluding hydrogens is 356 g/mol. The molecule has 0 saturated carbocycles. The fourth-order valence-electron chi connectivity index (χ4n) is 2.53. The van der Waals surface area contributed by atoms with Gasteiger partial charge in [-0.2, -0.15) is 0 Å². The van der Waals surface area contributed by atoms with Crippen LogP contribution in [0.15, 0.2) is 47.4 Å². The molecule has 0 heterocycles. The number of para-hydroxylation sites is 1. The Bertz CT molecular complexity index is 896. The van der Waals surface area contributed by atoms with Crippen molar-refractivity contribution in [1.29, 1.82) is 0 Å². The second kappa shape index (κ2) is 8.20. The highest BCUT2D eigenvalue weighted by Gasteiger charge is 2.22. The second-order valence-corrected chi connectivity index (χ2v) is 7.34. The first-order valence-corrected chi connectivity index (χ1v) is 9.37. The van der Waals surface area contributed by atoms with Crippen LogP contribution in [0.4, 0.5) is 5.69 Å². The summed E-state index contributed by atoms with van der Waals surface area (Å²) in [4.78, 5) is 11.3. The Labute approximate surface area is 153 Å². The van der Waals surface area contributed by atoms with Crippen molar-refractivity contribution in [2.45, 2.75) is 24.8 Å². The van der Waals surface area contributed by atoms with Crippen molar-refractivity contribution in [2.75, 3.05) is 19.5 Å². The molecule has 26 heavy (non-hydrogen) atoms. The van der Waals surface area contributed by atoms with E-state index in [1.54, 1.807) is 19.1 Å². The van der Waals surface area contributed by atoms with Gasteiger partial charge in [0.05, 0.1) is 24.8 Å². The van der Waals surface area contributed by atoms with E-state index in [-0.39, 0.29) is 16.5 Å². The van der Waals surface area contributed by atoms with Gasteiger partial charge in [0.25, 0.3) is 0 Å². The van der Waals surface area contributed by atoms with Gasteiger partial charge in [0.2, 0.25) is 15.9 Å². The van der Waals surface area contributed by atoms with Gasteiger partial charge in [0.15, 0.2) is 0 Å². The molecule has 2 rings (SSSR count). The molecule has 0 unspecified atom stereocenters. The first-order chi connectivity index (χ1) is 12.3. The lowest BCUT2D eigenvalue weighted by Crippen LogP contribution is -2.27. The number of methoxy groups -OCH3 is 2. The molecule has 0 aromatic heterocycles. The maximum Gasteiger partial charge on any atom is 0.241 e. The quantitative estimate of drug-likeness (QED) is 0.773. The summed E-state index contributed by atoms with van der Waals surface area (Å²) < 4.78 is 38.5. The molecule has 0 radical (unpaired) electrons. The maximum atomic E-state index is 12.7. The van der Waals surface area contributed by atoms with Crippen LogP contribution in [0.3, 0.4) is 0 Å². The largest absolute Gasteiger partial charge is 0.496 e. The molecule has 0 saturated heterocycles. The highest BCUT2D eigenvalue weighted by atomic mass is 32.2. The summed E-state index contributed by atoms with van der Waals surface area (Å²) in [7, 11) is -0.856. The minimum absolute atomic E-state index is 0.0174. The van der Waals surface area contributed by atoms with Crippen LogP contribution >= 0.6 is 0 Å². The average Bonchev–Trinajstić information content (AvgIpc) is 2.60. The Kier molecular flexibility index (Phi) is 6.23. The van der Waals surface area contributed by atoms with Crippen LogP contribution in [-0.4, -0.2) is 28.5 Å². The molecule has 0 aliphatic carbocycles. The van der Waals surface area contributed by atoms with E-state index >= 15 is 0 Å². The van der Waals surface area contributed by atoms with Gasteiger partial charge in [0.1, 0.15) is 11.5 Å². The fourth-order valence-corrected chi connectivity index (χ4v) is 3.78. The number of ether oxygens (including phenoxy) is 2. The van der Waals surface area contributed by atoms with Crippen LogP contribution in [0.25, 0.3) is 0 Å². The molecule has 0 fully saturated rings. The molecule has 7 nitrogen and oxygen atoms in total. The van der Waals surface area contributed by atoms with E-state index in [1.807, 2.05) is 12.1 Å². The van der Waals surface area contributed by atoms with E-state index in [4.69, 9.17) is 9.47 Å². The zero-order chi connectivity index (χ0) is 19.3. The lowest BCUT2D eigenvalue weighted by Gasteiger charge is -2.18. The summed E-state index contributed by atoms with van der Waals surface area (Å²) >= 11 is 0. The molecule has 0 aliphatic rings. The van der Waals surface area contributed by atoms with Gasteiger partial charge in [-0.3, -0.25) is 4.79 Å². The number of anilines is 1. The highest BCUT2D eigenvalue weighted by Crippen LogP contribution is 2.29. The summed E-state index contributed by atoms with van der Waals surface area (Å²) in [6, 6.07) is 10.9. The Morgan fingerprint density at radius 1 is 1.04 bits per heavy atom. The molecule has 2 aromatic rings. The number of sulfonamides is 1. The summed E-state index contributed by atoms with van der Waals surface area (Å²) in [5, 5.41) is 2.56. The number of hydrogen-bond acceptors (Lipinski definition) is 5. The van der Waals surface area contributed by atoms with Crippen molar-refractivity contribution >= 4 is 21.6 Å². The van der Waals surface area contributed by atoms with Gasteiger partial charge in [0, 0.05) is 18.5 Å². The number of hydrogen-bond donors (Lipinski definition) is 2. The van der Waals surface area contributed by atoms with Gasteiger partial charge in [-0.15, -0.1) is 0 Å². The standard InChI is InChI=1S/C18H22N2O5S/c1-12(15-7-5-6-8-17(15)24-3)20-26(22,23)14-9-10-18(25-4)16(11-14)19-13(2)21/h5-12,20H,1-4H3,(H,19,21)/t12-/m0/s1. The number of nitrogens with one attached hydrogen (secondary N) is 2. The number of carbonyl (C=O) groups is 1. The SMILES string of the molecule is COc1ccc(S(=O)(=O)N[C@@H](C)c2ccccc2OC)cc1NC(C)=O. The third kappa shape index (κ3) is 4.53. The fraction of sp³-hybridized carbons (Fsp3) is 0.278. The summed E-state index contributed by atoms with van der Waals surface area (Å²) in [5.74, 6) is 0.640. The summed E-state index contributed by atoms with van der Waals surface area (Å²) in [6.07, 6.45) is 0. The van der Waals surface area contributed by atoms with E-state index in [0.717, 1.165) is 0 Å². The maximum absolute atomic E-state index is 12.7. The number of amides is 1. The summed E-state index contributed by atoms with van der Waals surface area (Å²) in [6.45, 7) is 3.07. The van der Waals surface area contributed by atoms with Crippen LogP contribution in [0.2, 0.25) is 0 Å². The van der Waals surface area contributed by atoms with Crippen molar-refractivity contribution in [3.05, 3.63) is 48.0 Å². The minimum atomic E-state index is -3.83. The number of benzene rings is 2. The third-order valence-corrected chi connectivity index (χ3v) is 5.27. The Morgan fingerprint density at radius 2 is 1.69 bits per heavy atom.